The summed E-state index contributed by atoms with van der Waals surface area (Å²) in [6.07, 6.45) is 1.71. The Kier molecular flexibility index (Phi) is 3.60. The standard InChI is InChI=1S/C17H13N3/c1-2-8-14(9-3-1)15-10-4-5-11-16(15)19-20-17-12-6-7-13-18-17/h1-13H. The predicted molar refractivity (Wildman–Crippen MR) is 80.3 cm³/mol. The van der Waals surface area contributed by atoms with Gasteiger partial charge in [0.25, 0.3) is 0 Å². The molecule has 0 aliphatic rings. The first kappa shape index (κ1) is 12.2. The van der Waals surface area contributed by atoms with Crippen LogP contribution in [0, 0.1) is 0 Å². The summed E-state index contributed by atoms with van der Waals surface area (Å²) in [7, 11) is 0. The van der Waals surface area contributed by atoms with E-state index in [1.54, 1.807) is 6.20 Å². The molecule has 0 atom stereocenters. The average molecular weight is 259 g/mol. The van der Waals surface area contributed by atoms with Crippen LogP contribution in [-0.4, -0.2) is 4.98 Å². The van der Waals surface area contributed by atoms with E-state index in [9.17, 15) is 0 Å². The fourth-order valence-corrected chi connectivity index (χ4v) is 1.94. The predicted octanol–water partition coefficient (Wildman–Crippen LogP) is 5.16. The summed E-state index contributed by atoms with van der Waals surface area (Å²) in [6, 6.07) is 23.7. The average Bonchev–Trinajstić information content (AvgIpc) is 2.55. The van der Waals surface area contributed by atoms with Gasteiger partial charge in [0.15, 0.2) is 5.82 Å². The highest BCUT2D eigenvalue weighted by molar-refractivity contribution is 5.75. The van der Waals surface area contributed by atoms with Gasteiger partial charge in [-0.25, -0.2) is 4.98 Å². The van der Waals surface area contributed by atoms with Gasteiger partial charge in [0.05, 0.1) is 5.69 Å². The van der Waals surface area contributed by atoms with Crippen molar-refractivity contribution in [1.82, 2.24) is 4.98 Å². The van der Waals surface area contributed by atoms with Gasteiger partial charge < -0.3 is 0 Å². The van der Waals surface area contributed by atoms with E-state index in [-0.39, 0.29) is 0 Å². The Morgan fingerprint density at radius 3 is 2.20 bits per heavy atom. The molecule has 3 heteroatoms. The van der Waals surface area contributed by atoms with Gasteiger partial charge in [0.2, 0.25) is 0 Å². The maximum absolute atomic E-state index is 4.32. The maximum atomic E-state index is 4.32. The molecule has 0 saturated heterocycles. The van der Waals surface area contributed by atoms with Crippen LogP contribution >= 0.6 is 0 Å². The molecule has 0 spiro atoms. The lowest BCUT2D eigenvalue weighted by Crippen LogP contribution is -1.77. The molecule has 0 aliphatic carbocycles. The van der Waals surface area contributed by atoms with Crippen molar-refractivity contribution in [2.75, 3.05) is 0 Å². The van der Waals surface area contributed by atoms with Crippen LogP contribution < -0.4 is 0 Å². The number of benzene rings is 2. The van der Waals surface area contributed by atoms with E-state index in [4.69, 9.17) is 0 Å². The Morgan fingerprint density at radius 1 is 0.650 bits per heavy atom. The molecule has 0 aliphatic heterocycles. The first-order valence-electron chi connectivity index (χ1n) is 6.41. The topological polar surface area (TPSA) is 37.6 Å². The van der Waals surface area contributed by atoms with Crippen molar-refractivity contribution in [3.05, 3.63) is 79.0 Å². The summed E-state index contributed by atoms with van der Waals surface area (Å²) in [6.45, 7) is 0. The molecule has 2 aromatic carbocycles. The van der Waals surface area contributed by atoms with E-state index < -0.39 is 0 Å². The summed E-state index contributed by atoms with van der Waals surface area (Å²) in [5.41, 5.74) is 3.03. The molecule has 3 rings (SSSR count). The maximum Gasteiger partial charge on any atom is 0.174 e. The Morgan fingerprint density at radius 2 is 1.40 bits per heavy atom. The quantitative estimate of drug-likeness (QED) is 0.598. The van der Waals surface area contributed by atoms with Crippen molar-refractivity contribution in [1.29, 1.82) is 0 Å². The molecule has 1 aromatic heterocycles. The van der Waals surface area contributed by atoms with E-state index >= 15 is 0 Å². The lowest BCUT2D eigenvalue weighted by atomic mass is 10.0. The van der Waals surface area contributed by atoms with Crippen molar-refractivity contribution in [2.45, 2.75) is 0 Å². The third-order valence-corrected chi connectivity index (χ3v) is 2.90. The van der Waals surface area contributed by atoms with Crippen LogP contribution in [-0.2, 0) is 0 Å². The SMILES string of the molecule is c1ccc(-c2ccccc2N=Nc2ccccn2)cc1. The molecule has 0 saturated carbocycles. The van der Waals surface area contributed by atoms with E-state index in [2.05, 4.69) is 27.3 Å². The van der Waals surface area contributed by atoms with Crippen LogP contribution in [0.3, 0.4) is 0 Å². The molecule has 0 fully saturated rings. The summed E-state index contributed by atoms with van der Waals surface area (Å²) < 4.78 is 0. The van der Waals surface area contributed by atoms with Crippen LogP contribution in [0.5, 0.6) is 0 Å². The summed E-state index contributed by atoms with van der Waals surface area (Å²) in [4.78, 5) is 4.14. The van der Waals surface area contributed by atoms with Crippen LogP contribution in [0.25, 0.3) is 11.1 Å². The van der Waals surface area contributed by atoms with Gasteiger partial charge in [0.1, 0.15) is 0 Å². The Labute approximate surface area is 117 Å². The minimum atomic E-state index is 0.607. The molecule has 0 unspecified atom stereocenters. The minimum Gasteiger partial charge on any atom is -0.236 e. The molecular weight excluding hydrogens is 246 g/mol. The third kappa shape index (κ3) is 2.78. The molecule has 0 N–H and O–H groups in total. The molecule has 0 bridgehead atoms. The molecule has 0 amide bonds. The molecule has 96 valence electrons. The van der Waals surface area contributed by atoms with Crippen molar-refractivity contribution in [3.63, 3.8) is 0 Å². The Bertz CT molecular complexity index is 707. The lowest BCUT2D eigenvalue weighted by Gasteiger charge is -2.04. The van der Waals surface area contributed by atoms with E-state index in [0.717, 1.165) is 16.8 Å². The number of pyridine rings is 1. The fraction of sp³-hybridized carbons (Fsp3) is 0. The zero-order chi connectivity index (χ0) is 13.6. The Hall–Kier alpha value is -2.81. The van der Waals surface area contributed by atoms with Crippen LogP contribution in [0.2, 0.25) is 0 Å². The fourth-order valence-electron chi connectivity index (χ4n) is 1.94. The monoisotopic (exact) mass is 259 g/mol. The van der Waals surface area contributed by atoms with Gasteiger partial charge in [-0.2, -0.15) is 0 Å². The van der Waals surface area contributed by atoms with Gasteiger partial charge in [-0.15, -0.1) is 10.2 Å². The minimum absolute atomic E-state index is 0.607. The summed E-state index contributed by atoms with van der Waals surface area (Å²) in [5, 5.41) is 8.49. The number of hydrogen-bond acceptors (Lipinski definition) is 3. The highest BCUT2D eigenvalue weighted by Gasteiger charge is 2.02. The number of hydrogen-bond donors (Lipinski definition) is 0. The largest absolute Gasteiger partial charge is 0.236 e. The van der Waals surface area contributed by atoms with Crippen molar-refractivity contribution in [2.24, 2.45) is 10.2 Å². The second-order valence-corrected chi connectivity index (χ2v) is 4.27. The van der Waals surface area contributed by atoms with Gasteiger partial charge in [-0.05, 0) is 23.8 Å². The van der Waals surface area contributed by atoms with Crippen LogP contribution in [0.1, 0.15) is 0 Å². The van der Waals surface area contributed by atoms with Crippen molar-refractivity contribution < 1.29 is 0 Å². The normalized spacial score (nSPS) is 10.8. The van der Waals surface area contributed by atoms with Gasteiger partial charge in [-0.3, -0.25) is 0 Å². The first-order valence-corrected chi connectivity index (χ1v) is 6.41. The van der Waals surface area contributed by atoms with E-state index in [1.807, 2.05) is 60.7 Å². The van der Waals surface area contributed by atoms with E-state index in [0.29, 0.717) is 5.82 Å². The Balaban J connectivity index is 1.97. The van der Waals surface area contributed by atoms with Crippen molar-refractivity contribution in [3.8, 4) is 11.1 Å². The number of aromatic nitrogens is 1. The first-order chi connectivity index (χ1) is 9.93. The van der Waals surface area contributed by atoms with Gasteiger partial charge >= 0.3 is 0 Å². The molecule has 20 heavy (non-hydrogen) atoms. The smallest absolute Gasteiger partial charge is 0.174 e. The third-order valence-electron chi connectivity index (χ3n) is 2.90. The molecule has 1 heterocycles. The molecule has 3 nitrogen and oxygen atoms in total. The summed E-state index contributed by atoms with van der Waals surface area (Å²) >= 11 is 0. The van der Waals surface area contributed by atoms with Crippen LogP contribution in [0.4, 0.5) is 11.5 Å². The highest BCUT2D eigenvalue weighted by atomic mass is 15.1. The van der Waals surface area contributed by atoms with Crippen molar-refractivity contribution >= 4 is 11.5 Å². The van der Waals surface area contributed by atoms with E-state index in [1.165, 1.54) is 0 Å². The number of azo groups is 1. The van der Waals surface area contributed by atoms with Gasteiger partial charge in [0, 0.05) is 11.8 Å². The summed E-state index contributed by atoms with van der Waals surface area (Å²) in [5.74, 6) is 0.607. The second-order valence-electron chi connectivity index (χ2n) is 4.27. The van der Waals surface area contributed by atoms with Crippen LogP contribution in [0.15, 0.2) is 89.2 Å². The second kappa shape index (κ2) is 5.89. The van der Waals surface area contributed by atoms with Gasteiger partial charge in [-0.1, -0.05) is 54.6 Å². The number of rotatable bonds is 3. The zero-order valence-corrected chi connectivity index (χ0v) is 10.8. The molecular formula is C17H13N3. The zero-order valence-electron chi connectivity index (χ0n) is 10.8. The highest BCUT2D eigenvalue weighted by Crippen LogP contribution is 2.30. The lowest BCUT2D eigenvalue weighted by molar-refractivity contribution is 1.15. The number of nitrogens with zero attached hydrogens (tertiary/aromatic N) is 3. The molecule has 0 radical (unpaired) electrons. The molecule has 3 aromatic rings.